The molecule has 0 bridgehead atoms. The molecule has 6 nitrogen and oxygen atoms in total. The number of anilines is 1. The number of para-hydroxylation sites is 1. The third kappa shape index (κ3) is 4.55. The Morgan fingerprint density at radius 3 is 2.79 bits per heavy atom. The minimum absolute atomic E-state index is 0.158. The van der Waals surface area contributed by atoms with Gasteiger partial charge in [0.1, 0.15) is 0 Å². The average molecular weight is 424 g/mol. The lowest BCUT2D eigenvalue weighted by atomic mass is 10.2. The van der Waals surface area contributed by atoms with Gasteiger partial charge in [0.15, 0.2) is 5.13 Å². The summed E-state index contributed by atoms with van der Waals surface area (Å²) in [5.74, 6) is -0.294. The molecule has 0 aliphatic carbocycles. The molecule has 4 aromatic rings. The number of amides is 1. The van der Waals surface area contributed by atoms with E-state index in [2.05, 4.69) is 15.3 Å². The molecule has 0 atom stereocenters. The number of thiazole rings is 1. The van der Waals surface area contributed by atoms with E-state index >= 15 is 0 Å². The van der Waals surface area contributed by atoms with Crippen LogP contribution in [0.25, 0.3) is 21.1 Å². The number of carbonyl (C=O) groups is 2. The van der Waals surface area contributed by atoms with Gasteiger partial charge in [0.05, 0.1) is 38.7 Å². The first-order chi connectivity index (χ1) is 14.1. The van der Waals surface area contributed by atoms with Crippen LogP contribution in [0.3, 0.4) is 0 Å². The monoisotopic (exact) mass is 423 g/mol. The van der Waals surface area contributed by atoms with Gasteiger partial charge < -0.3 is 10.1 Å². The predicted molar refractivity (Wildman–Crippen MR) is 117 cm³/mol. The van der Waals surface area contributed by atoms with Gasteiger partial charge in [-0.05, 0) is 37.3 Å². The van der Waals surface area contributed by atoms with Crippen LogP contribution in [0.5, 0.6) is 0 Å². The highest BCUT2D eigenvalue weighted by Gasteiger charge is 2.12. The van der Waals surface area contributed by atoms with Gasteiger partial charge in [-0.2, -0.15) is 0 Å². The van der Waals surface area contributed by atoms with Crippen molar-refractivity contribution in [3.8, 4) is 0 Å². The van der Waals surface area contributed by atoms with Gasteiger partial charge in [-0.25, -0.2) is 14.8 Å². The van der Waals surface area contributed by atoms with Crippen molar-refractivity contribution in [1.29, 1.82) is 0 Å². The van der Waals surface area contributed by atoms with Crippen LogP contribution < -0.4 is 5.32 Å². The highest BCUT2D eigenvalue weighted by atomic mass is 32.2. The number of benzene rings is 2. The van der Waals surface area contributed by atoms with E-state index in [4.69, 9.17) is 4.74 Å². The molecule has 0 saturated carbocycles. The highest BCUT2D eigenvalue weighted by Crippen LogP contribution is 2.27. The molecule has 2 aromatic carbocycles. The Hall–Kier alpha value is -2.97. The Bertz CT molecular complexity index is 1210. The molecule has 8 heteroatoms. The maximum atomic E-state index is 12.3. The third-order valence-corrected chi connectivity index (χ3v) is 5.93. The van der Waals surface area contributed by atoms with Crippen molar-refractivity contribution >= 4 is 61.2 Å². The molecule has 4 rings (SSSR count). The third-order valence-electron chi connectivity index (χ3n) is 4.07. The van der Waals surface area contributed by atoms with E-state index in [-0.39, 0.29) is 17.6 Å². The van der Waals surface area contributed by atoms with Crippen molar-refractivity contribution in [2.24, 2.45) is 0 Å². The molecular weight excluding hydrogens is 406 g/mol. The number of aromatic nitrogens is 2. The number of hydrogen-bond donors (Lipinski definition) is 1. The van der Waals surface area contributed by atoms with Crippen LogP contribution >= 0.6 is 23.1 Å². The van der Waals surface area contributed by atoms with Crippen LogP contribution in [0.1, 0.15) is 17.3 Å². The van der Waals surface area contributed by atoms with Crippen LogP contribution in [0.2, 0.25) is 0 Å². The number of hydrogen-bond acceptors (Lipinski definition) is 7. The first-order valence-electron chi connectivity index (χ1n) is 8.98. The van der Waals surface area contributed by atoms with Gasteiger partial charge in [0.2, 0.25) is 5.91 Å². The van der Waals surface area contributed by atoms with Crippen molar-refractivity contribution in [3.63, 3.8) is 0 Å². The second kappa shape index (κ2) is 8.59. The lowest BCUT2D eigenvalue weighted by Crippen LogP contribution is -2.13. The van der Waals surface area contributed by atoms with Gasteiger partial charge in [-0.3, -0.25) is 4.79 Å². The smallest absolute Gasteiger partial charge is 0.338 e. The molecule has 2 heterocycles. The molecule has 0 saturated heterocycles. The summed E-state index contributed by atoms with van der Waals surface area (Å²) < 4.78 is 5.83. The van der Waals surface area contributed by atoms with Gasteiger partial charge in [-0.1, -0.05) is 47.4 Å². The normalized spacial score (nSPS) is 10.9. The van der Waals surface area contributed by atoms with Crippen LogP contribution in [0.15, 0.2) is 59.6 Å². The number of rotatable bonds is 6. The van der Waals surface area contributed by atoms with Gasteiger partial charge in [-0.15, -0.1) is 0 Å². The maximum absolute atomic E-state index is 12.3. The van der Waals surface area contributed by atoms with E-state index < -0.39 is 0 Å². The van der Waals surface area contributed by atoms with Crippen molar-refractivity contribution in [2.75, 3.05) is 17.7 Å². The lowest BCUT2D eigenvalue weighted by Gasteiger charge is -2.03. The van der Waals surface area contributed by atoms with Crippen LogP contribution in [-0.2, 0) is 9.53 Å². The fourth-order valence-corrected chi connectivity index (χ4v) is 4.34. The number of nitrogens with zero attached hydrogens (tertiary/aromatic N) is 2. The summed E-state index contributed by atoms with van der Waals surface area (Å²) in [4.78, 5) is 33.1. The summed E-state index contributed by atoms with van der Waals surface area (Å²) in [6.45, 7) is 2.09. The number of fused-ring (bicyclic) bond motifs is 2. The zero-order valence-corrected chi connectivity index (χ0v) is 17.2. The van der Waals surface area contributed by atoms with Crippen molar-refractivity contribution in [2.45, 2.75) is 11.9 Å². The molecule has 0 fully saturated rings. The van der Waals surface area contributed by atoms with Crippen molar-refractivity contribution in [1.82, 2.24) is 9.97 Å². The fourth-order valence-electron chi connectivity index (χ4n) is 2.74. The number of esters is 1. The number of pyridine rings is 1. The predicted octanol–water partition coefficient (Wildman–Crippen LogP) is 4.75. The molecule has 0 radical (unpaired) electrons. The molecule has 29 heavy (non-hydrogen) atoms. The van der Waals surface area contributed by atoms with Crippen LogP contribution in [0, 0.1) is 0 Å². The summed E-state index contributed by atoms with van der Waals surface area (Å²) in [7, 11) is 0. The van der Waals surface area contributed by atoms with Gasteiger partial charge >= 0.3 is 5.97 Å². The first-order valence-corrected chi connectivity index (χ1v) is 10.8. The molecule has 0 aliphatic heterocycles. The molecule has 146 valence electrons. The second-order valence-corrected chi connectivity index (χ2v) is 8.13. The zero-order valence-electron chi connectivity index (χ0n) is 15.5. The summed E-state index contributed by atoms with van der Waals surface area (Å²) in [5, 5.41) is 5.18. The molecule has 2 aromatic heterocycles. The Labute approximate surface area is 175 Å². The Morgan fingerprint density at radius 2 is 1.93 bits per heavy atom. The van der Waals surface area contributed by atoms with Crippen LogP contribution in [-0.4, -0.2) is 34.2 Å². The van der Waals surface area contributed by atoms with E-state index in [1.54, 1.807) is 25.1 Å². The van der Waals surface area contributed by atoms with Gasteiger partial charge in [0.25, 0.3) is 0 Å². The standard InChI is InChI=1S/C21H17N3O3S2/c1-2-27-20(26)14-7-9-16-17(11-14)29-21(23-16)24-18(25)12-28-19-10-8-13-5-3-4-6-15(13)22-19/h3-11H,2,12H2,1H3,(H,23,24,25). The van der Waals surface area contributed by atoms with E-state index in [0.717, 1.165) is 26.1 Å². The first kappa shape index (κ1) is 19.4. The lowest BCUT2D eigenvalue weighted by molar-refractivity contribution is -0.113. The van der Waals surface area contributed by atoms with Crippen molar-refractivity contribution in [3.05, 3.63) is 60.2 Å². The average Bonchev–Trinajstić information content (AvgIpc) is 3.13. The van der Waals surface area contributed by atoms with E-state index in [0.29, 0.717) is 17.3 Å². The minimum Gasteiger partial charge on any atom is -0.462 e. The zero-order chi connectivity index (χ0) is 20.2. The highest BCUT2D eigenvalue weighted by molar-refractivity contribution is 7.99. The molecule has 0 spiro atoms. The second-order valence-electron chi connectivity index (χ2n) is 6.10. The largest absolute Gasteiger partial charge is 0.462 e. The summed E-state index contributed by atoms with van der Waals surface area (Å²) in [5.41, 5.74) is 2.10. The Morgan fingerprint density at radius 1 is 1.07 bits per heavy atom. The molecule has 0 aliphatic rings. The van der Waals surface area contributed by atoms with E-state index in [1.165, 1.54) is 23.1 Å². The molecule has 1 N–H and O–H groups in total. The number of ether oxygens (including phenoxy) is 1. The van der Waals surface area contributed by atoms with Gasteiger partial charge in [0, 0.05) is 5.39 Å². The fraction of sp³-hybridized carbons (Fsp3) is 0.143. The van der Waals surface area contributed by atoms with E-state index in [9.17, 15) is 9.59 Å². The molecule has 1 amide bonds. The number of thioether (sulfide) groups is 1. The molecule has 0 unspecified atom stereocenters. The summed E-state index contributed by atoms with van der Waals surface area (Å²) in [6, 6.07) is 16.9. The number of nitrogens with one attached hydrogen (secondary N) is 1. The number of carbonyl (C=O) groups excluding carboxylic acids is 2. The Balaban J connectivity index is 1.40. The maximum Gasteiger partial charge on any atom is 0.338 e. The quantitative estimate of drug-likeness (QED) is 0.356. The van der Waals surface area contributed by atoms with Crippen molar-refractivity contribution < 1.29 is 14.3 Å². The summed E-state index contributed by atoms with van der Waals surface area (Å²) in [6.07, 6.45) is 0. The Kier molecular flexibility index (Phi) is 5.73. The van der Waals surface area contributed by atoms with E-state index in [1.807, 2.05) is 36.4 Å². The summed E-state index contributed by atoms with van der Waals surface area (Å²) >= 11 is 2.70. The SMILES string of the molecule is CCOC(=O)c1ccc2nc(NC(=O)CSc3ccc4ccccc4n3)sc2c1. The van der Waals surface area contributed by atoms with Crippen LogP contribution in [0.4, 0.5) is 5.13 Å². The molecular formula is C21H17N3O3S2. The topological polar surface area (TPSA) is 81.2 Å². The minimum atomic E-state index is -0.368.